The monoisotopic (exact) mass is 455 g/mol. The molecule has 2 heterocycles. The van der Waals surface area contributed by atoms with Gasteiger partial charge in [0.25, 0.3) is 5.91 Å². The number of ether oxygens (including phenoxy) is 2. The fraction of sp³-hybridized carbons (Fsp3) is 0.190. The highest BCUT2D eigenvalue weighted by atomic mass is 19.4. The Bertz CT molecular complexity index is 1230. The molecule has 2 aromatic carbocycles. The molecule has 162 valence electrons. The number of carbonyl (C=O) groups excluding carboxylic acids is 1. The third kappa shape index (κ3) is 4.64. The molecular formula is C21H12B4F3N3O3. The first-order valence-electron chi connectivity index (χ1n) is 9.90. The lowest BCUT2D eigenvalue weighted by Gasteiger charge is -2.24. The minimum Gasteiger partial charge on any atom is -0.491 e. The number of halogens is 3. The van der Waals surface area contributed by atoms with Crippen LogP contribution >= 0.6 is 0 Å². The third-order valence-corrected chi connectivity index (χ3v) is 5.18. The second-order valence-corrected chi connectivity index (χ2v) is 7.36. The van der Waals surface area contributed by atoms with E-state index in [0.717, 1.165) is 0 Å². The number of amides is 1. The molecule has 0 saturated carbocycles. The fourth-order valence-corrected chi connectivity index (χ4v) is 3.59. The molecule has 3 aromatic rings. The van der Waals surface area contributed by atoms with E-state index in [1.54, 1.807) is 24.5 Å². The lowest BCUT2D eigenvalue weighted by Crippen LogP contribution is -2.45. The van der Waals surface area contributed by atoms with E-state index >= 15 is 0 Å². The number of nitrogens with zero attached hydrogens (tertiary/aromatic N) is 3. The first-order chi connectivity index (χ1) is 16.1. The Morgan fingerprint density at radius 3 is 2.29 bits per heavy atom. The summed E-state index contributed by atoms with van der Waals surface area (Å²) in [5.74, 6) is -0.476. The maximum Gasteiger partial charge on any atom is 0.573 e. The molecule has 1 aliphatic heterocycles. The second kappa shape index (κ2) is 9.12. The molecule has 8 radical (unpaired) electrons. The van der Waals surface area contributed by atoms with Crippen molar-refractivity contribution in [2.24, 2.45) is 0 Å². The number of fused-ring (bicyclic) bond motifs is 1. The quantitative estimate of drug-likeness (QED) is 0.486. The molecule has 1 amide bonds. The molecule has 6 nitrogen and oxygen atoms in total. The summed E-state index contributed by atoms with van der Waals surface area (Å²) in [6.07, 6.45) is -1.91. The fourth-order valence-electron chi connectivity index (χ4n) is 3.59. The molecule has 0 fully saturated rings. The molecule has 34 heavy (non-hydrogen) atoms. The van der Waals surface area contributed by atoms with Crippen molar-refractivity contribution in [2.45, 2.75) is 12.9 Å². The van der Waals surface area contributed by atoms with Crippen LogP contribution in [0.3, 0.4) is 0 Å². The molecule has 1 aliphatic rings. The number of hydrogen-bond donors (Lipinski definition) is 0. The van der Waals surface area contributed by atoms with Crippen molar-refractivity contribution in [3.8, 4) is 22.6 Å². The van der Waals surface area contributed by atoms with E-state index in [1.807, 2.05) is 0 Å². The summed E-state index contributed by atoms with van der Waals surface area (Å²) < 4.78 is 47.9. The zero-order chi connectivity index (χ0) is 24.6. The topological polar surface area (TPSA) is 64.6 Å². The van der Waals surface area contributed by atoms with Crippen molar-refractivity contribution >= 4 is 59.1 Å². The normalized spacial score (nSPS) is 13.7. The first kappa shape index (κ1) is 23.8. The van der Waals surface area contributed by atoms with Crippen molar-refractivity contribution in [3.05, 3.63) is 48.0 Å². The van der Waals surface area contributed by atoms with Gasteiger partial charge in [0.15, 0.2) is 0 Å². The SMILES string of the molecule is [B]c1c([B])c(-c2ccc3c(c2)C(=O)N(Cc2ncccn2)CCO3)c([B])c([B])c1OC(F)(F)F. The number of carbonyl (C=O) groups is 1. The van der Waals surface area contributed by atoms with Gasteiger partial charge in [-0.05, 0) is 29.3 Å². The molecule has 1 aromatic heterocycles. The summed E-state index contributed by atoms with van der Waals surface area (Å²) in [6.45, 7) is 0.674. The molecule has 0 N–H and O–H groups in total. The Hall–Kier alpha value is -3.36. The average Bonchev–Trinajstić information content (AvgIpc) is 2.94. The van der Waals surface area contributed by atoms with Crippen LogP contribution < -0.4 is 31.3 Å². The van der Waals surface area contributed by atoms with Crippen molar-refractivity contribution in [1.29, 1.82) is 0 Å². The van der Waals surface area contributed by atoms with E-state index in [9.17, 15) is 18.0 Å². The maximum absolute atomic E-state index is 13.3. The van der Waals surface area contributed by atoms with Crippen LogP contribution in [0, 0.1) is 0 Å². The molecule has 13 heteroatoms. The summed E-state index contributed by atoms with van der Waals surface area (Å²) >= 11 is 0. The summed E-state index contributed by atoms with van der Waals surface area (Å²) in [4.78, 5) is 23.1. The number of rotatable bonds is 4. The number of aromatic nitrogens is 2. The van der Waals surface area contributed by atoms with Crippen LogP contribution in [-0.4, -0.2) is 71.7 Å². The van der Waals surface area contributed by atoms with Gasteiger partial charge in [-0.2, -0.15) is 0 Å². The zero-order valence-corrected chi connectivity index (χ0v) is 17.6. The van der Waals surface area contributed by atoms with Crippen LogP contribution in [0.25, 0.3) is 11.1 Å². The van der Waals surface area contributed by atoms with E-state index in [-0.39, 0.29) is 47.7 Å². The van der Waals surface area contributed by atoms with Crippen LogP contribution in [0.4, 0.5) is 13.2 Å². The molecule has 4 rings (SSSR count). The Labute approximate surface area is 198 Å². The van der Waals surface area contributed by atoms with E-state index in [1.165, 1.54) is 17.0 Å². The molecule has 0 bridgehead atoms. The predicted molar refractivity (Wildman–Crippen MR) is 122 cm³/mol. The Balaban J connectivity index is 1.76. The Morgan fingerprint density at radius 2 is 1.68 bits per heavy atom. The number of alkyl halides is 3. The zero-order valence-electron chi connectivity index (χ0n) is 17.6. The standard InChI is InChI=1S/C21H12B4F3N3O3/c22-15-14(16(23)18(25)19(17(15)24)34-21(26,27)28)10-2-3-12-11(8-10)20(32)31(6-7-33-12)9-13-29-4-1-5-30-13/h1-5,8H,6-7,9H2. The van der Waals surface area contributed by atoms with Gasteiger partial charge in [0.05, 0.1) is 18.7 Å². The maximum atomic E-state index is 13.3. The first-order valence-corrected chi connectivity index (χ1v) is 9.90. The van der Waals surface area contributed by atoms with Crippen molar-refractivity contribution in [2.75, 3.05) is 13.2 Å². The van der Waals surface area contributed by atoms with Gasteiger partial charge in [-0.15, -0.1) is 13.2 Å². The van der Waals surface area contributed by atoms with Gasteiger partial charge in [0, 0.05) is 12.4 Å². The molecule has 0 aliphatic carbocycles. The summed E-state index contributed by atoms with van der Waals surface area (Å²) in [6, 6.07) is 6.21. The van der Waals surface area contributed by atoms with Crippen LogP contribution in [-0.2, 0) is 6.54 Å². The van der Waals surface area contributed by atoms with Gasteiger partial charge in [0.1, 0.15) is 55.3 Å². The molecular weight excluding hydrogens is 442 g/mol. The van der Waals surface area contributed by atoms with E-state index in [0.29, 0.717) is 17.1 Å². The van der Waals surface area contributed by atoms with Gasteiger partial charge in [0.2, 0.25) is 0 Å². The highest BCUT2D eigenvalue weighted by Gasteiger charge is 2.33. The Kier molecular flexibility index (Phi) is 6.38. The molecule has 0 spiro atoms. The Morgan fingerprint density at radius 1 is 1.03 bits per heavy atom. The highest BCUT2D eigenvalue weighted by molar-refractivity contribution is 6.61. The van der Waals surface area contributed by atoms with Crippen molar-refractivity contribution < 1.29 is 27.4 Å². The van der Waals surface area contributed by atoms with Gasteiger partial charge in [-0.1, -0.05) is 27.9 Å². The number of benzene rings is 2. The second-order valence-electron chi connectivity index (χ2n) is 7.36. The minimum absolute atomic E-state index is 0.0716. The van der Waals surface area contributed by atoms with Crippen LogP contribution in [0.1, 0.15) is 16.2 Å². The average molecular weight is 455 g/mol. The molecule has 0 unspecified atom stereocenters. The molecule has 0 saturated heterocycles. The molecule has 0 atom stereocenters. The van der Waals surface area contributed by atoms with Gasteiger partial charge in [-0.3, -0.25) is 4.79 Å². The third-order valence-electron chi connectivity index (χ3n) is 5.18. The van der Waals surface area contributed by atoms with Crippen molar-refractivity contribution in [3.63, 3.8) is 0 Å². The summed E-state index contributed by atoms with van der Waals surface area (Å²) in [7, 11) is 23.6. The minimum atomic E-state index is -5.05. The number of hydrogen-bond acceptors (Lipinski definition) is 5. The van der Waals surface area contributed by atoms with Crippen LogP contribution in [0.5, 0.6) is 11.5 Å². The summed E-state index contributed by atoms with van der Waals surface area (Å²) in [5, 5.41) is 0. The van der Waals surface area contributed by atoms with E-state index < -0.39 is 23.0 Å². The van der Waals surface area contributed by atoms with Crippen LogP contribution in [0.2, 0.25) is 0 Å². The lowest BCUT2D eigenvalue weighted by atomic mass is 9.65. The summed E-state index contributed by atoms with van der Waals surface area (Å²) in [5.41, 5.74) is -1.04. The predicted octanol–water partition coefficient (Wildman–Crippen LogP) is -0.748. The van der Waals surface area contributed by atoms with Gasteiger partial charge >= 0.3 is 6.36 Å². The van der Waals surface area contributed by atoms with E-state index in [4.69, 9.17) is 36.1 Å². The van der Waals surface area contributed by atoms with E-state index in [2.05, 4.69) is 14.7 Å². The largest absolute Gasteiger partial charge is 0.573 e. The lowest BCUT2D eigenvalue weighted by molar-refractivity contribution is -0.273. The highest BCUT2D eigenvalue weighted by Crippen LogP contribution is 2.29. The van der Waals surface area contributed by atoms with Crippen LogP contribution in [0.15, 0.2) is 36.7 Å². The smallest absolute Gasteiger partial charge is 0.491 e. The van der Waals surface area contributed by atoms with Crippen molar-refractivity contribution in [1.82, 2.24) is 14.9 Å². The van der Waals surface area contributed by atoms with Gasteiger partial charge in [-0.25, -0.2) is 9.97 Å². The van der Waals surface area contributed by atoms with Gasteiger partial charge < -0.3 is 14.4 Å².